The fraction of sp³-hybridized carbons (Fsp3) is 0.471. The number of carboxylic acid groups (broad SMARTS) is 1. The number of fused-ring (bicyclic) bond motifs is 1. The van der Waals surface area contributed by atoms with E-state index in [1.54, 1.807) is 11.0 Å². The topological polar surface area (TPSA) is 73.7 Å². The first-order valence-corrected chi connectivity index (χ1v) is 8.05. The lowest BCUT2D eigenvalue weighted by atomic mass is 9.81. The maximum Gasteiger partial charge on any atom is 0.433 e. The molecule has 1 aromatic heterocycles. The number of nitrogens with zero attached hydrogens (tertiary/aromatic N) is 3. The van der Waals surface area contributed by atoms with Crippen molar-refractivity contribution >= 4 is 11.9 Å². The van der Waals surface area contributed by atoms with Crippen molar-refractivity contribution in [2.75, 3.05) is 26.2 Å². The van der Waals surface area contributed by atoms with Gasteiger partial charge in [0.2, 0.25) is 5.91 Å². The summed E-state index contributed by atoms with van der Waals surface area (Å²) in [6.07, 6.45) is -1.81. The molecule has 0 spiro atoms. The molecule has 1 amide bonds. The second-order valence-corrected chi connectivity index (χ2v) is 6.74. The SMILES string of the molecule is C=CCN1CC2(C(=O)O)CN(Cc3ccc(C(F)(F)F)nc3)CC2C1=O. The Kier molecular flexibility index (Phi) is 4.51. The lowest BCUT2D eigenvalue weighted by molar-refractivity contribution is -0.149. The molecule has 1 aromatic rings. The Balaban J connectivity index is 1.74. The first kappa shape index (κ1) is 18.4. The third-order valence-corrected chi connectivity index (χ3v) is 4.99. The second kappa shape index (κ2) is 6.39. The molecule has 2 fully saturated rings. The van der Waals surface area contributed by atoms with E-state index in [0.29, 0.717) is 12.1 Å². The summed E-state index contributed by atoms with van der Waals surface area (Å²) < 4.78 is 37.7. The Morgan fingerprint density at radius 2 is 2.15 bits per heavy atom. The molecule has 140 valence electrons. The third kappa shape index (κ3) is 3.07. The van der Waals surface area contributed by atoms with Crippen LogP contribution in [-0.2, 0) is 22.3 Å². The smallest absolute Gasteiger partial charge is 0.433 e. The molecule has 26 heavy (non-hydrogen) atoms. The number of halogens is 3. The number of pyridine rings is 1. The molecule has 2 saturated heterocycles. The van der Waals surface area contributed by atoms with Crippen LogP contribution in [0.5, 0.6) is 0 Å². The summed E-state index contributed by atoms with van der Waals surface area (Å²) in [5.74, 6) is -1.92. The molecule has 2 aliphatic heterocycles. The molecule has 2 aliphatic rings. The second-order valence-electron chi connectivity index (χ2n) is 6.74. The standard InChI is InChI=1S/C17H18F3N3O3/c1-2-5-23-10-16(15(25)26)9-22(8-12(16)14(23)24)7-11-3-4-13(21-6-11)17(18,19)20/h2-4,6,12H,1,5,7-10H2,(H,25,26). The Bertz CT molecular complexity index is 735. The number of hydrogen-bond donors (Lipinski definition) is 1. The van der Waals surface area contributed by atoms with Gasteiger partial charge in [0, 0.05) is 38.9 Å². The molecular formula is C17H18F3N3O3. The van der Waals surface area contributed by atoms with Gasteiger partial charge >= 0.3 is 12.1 Å². The molecule has 0 aromatic carbocycles. The largest absolute Gasteiger partial charge is 0.481 e. The summed E-state index contributed by atoms with van der Waals surface area (Å²) in [7, 11) is 0. The predicted molar refractivity (Wildman–Crippen MR) is 84.9 cm³/mol. The molecule has 3 rings (SSSR count). The van der Waals surface area contributed by atoms with Crippen LogP contribution in [0.3, 0.4) is 0 Å². The maximum absolute atomic E-state index is 12.6. The summed E-state index contributed by atoms with van der Waals surface area (Å²) >= 11 is 0. The minimum absolute atomic E-state index is 0.111. The first-order valence-electron chi connectivity index (χ1n) is 8.05. The number of aliphatic carboxylic acids is 1. The van der Waals surface area contributed by atoms with Crippen LogP contribution >= 0.6 is 0 Å². The fourth-order valence-electron chi connectivity index (χ4n) is 3.78. The Morgan fingerprint density at radius 3 is 2.65 bits per heavy atom. The number of carboxylic acids is 1. The lowest BCUT2D eigenvalue weighted by Crippen LogP contribution is -2.40. The monoisotopic (exact) mass is 369 g/mol. The fourth-order valence-corrected chi connectivity index (χ4v) is 3.78. The number of aromatic nitrogens is 1. The zero-order valence-corrected chi connectivity index (χ0v) is 13.9. The van der Waals surface area contributed by atoms with Gasteiger partial charge in [0.25, 0.3) is 0 Å². The molecule has 0 saturated carbocycles. The van der Waals surface area contributed by atoms with Crippen molar-refractivity contribution in [3.63, 3.8) is 0 Å². The van der Waals surface area contributed by atoms with Crippen LogP contribution in [0.4, 0.5) is 13.2 Å². The molecule has 1 N–H and O–H groups in total. The van der Waals surface area contributed by atoms with Gasteiger partial charge in [-0.15, -0.1) is 6.58 Å². The van der Waals surface area contributed by atoms with Crippen molar-refractivity contribution in [2.45, 2.75) is 12.7 Å². The Morgan fingerprint density at radius 1 is 1.42 bits per heavy atom. The normalized spacial score (nSPS) is 26.2. The molecule has 0 bridgehead atoms. The van der Waals surface area contributed by atoms with E-state index in [1.165, 1.54) is 11.0 Å². The van der Waals surface area contributed by atoms with Crippen molar-refractivity contribution in [3.8, 4) is 0 Å². The van der Waals surface area contributed by atoms with Crippen LogP contribution in [0.15, 0.2) is 31.0 Å². The van der Waals surface area contributed by atoms with Crippen LogP contribution in [-0.4, -0.2) is 57.9 Å². The number of rotatable bonds is 5. The first-order chi connectivity index (χ1) is 12.2. The molecule has 6 nitrogen and oxygen atoms in total. The van der Waals surface area contributed by atoms with Crippen molar-refractivity contribution in [1.82, 2.24) is 14.8 Å². The Labute approximate surface area is 147 Å². The van der Waals surface area contributed by atoms with E-state index in [2.05, 4.69) is 11.6 Å². The van der Waals surface area contributed by atoms with E-state index < -0.39 is 29.2 Å². The number of likely N-dealkylation sites (tertiary alicyclic amines) is 2. The van der Waals surface area contributed by atoms with Gasteiger partial charge in [-0.2, -0.15) is 13.2 Å². The molecule has 9 heteroatoms. The van der Waals surface area contributed by atoms with Crippen molar-refractivity contribution in [2.24, 2.45) is 11.3 Å². The lowest BCUT2D eigenvalue weighted by Gasteiger charge is -2.24. The van der Waals surface area contributed by atoms with Gasteiger partial charge in [-0.1, -0.05) is 12.1 Å². The average Bonchev–Trinajstić information content (AvgIpc) is 3.04. The van der Waals surface area contributed by atoms with Gasteiger partial charge < -0.3 is 10.0 Å². The number of carbonyl (C=O) groups excluding carboxylic acids is 1. The highest BCUT2D eigenvalue weighted by molar-refractivity contribution is 5.92. The number of hydrogen-bond acceptors (Lipinski definition) is 4. The molecule has 0 radical (unpaired) electrons. The highest BCUT2D eigenvalue weighted by Crippen LogP contribution is 2.44. The van der Waals surface area contributed by atoms with Crippen LogP contribution < -0.4 is 0 Å². The molecule has 2 unspecified atom stereocenters. The number of amides is 1. The van der Waals surface area contributed by atoms with Gasteiger partial charge in [-0.05, 0) is 11.6 Å². The highest BCUT2D eigenvalue weighted by Gasteiger charge is 2.61. The van der Waals surface area contributed by atoms with E-state index >= 15 is 0 Å². The van der Waals surface area contributed by atoms with Crippen molar-refractivity contribution in [3.05, 3.63) is 42.2 Å². The molecule has 2 atom stereocenters. The maximum atomic E-state index is 12.6. The third-order valence-electron chi connectivity index (χ3n) is 4.99. The minimum atomic E-state index is -4.50. The van der Waals surface area contributed by atoms with Gasteiger partial charge in [-0.25, -0.2) is 0 Å². The quantitative estimate of drug-likeness (QED) is 0.799. The van der Waals surface area contributed by atoms with E-state index in [4.69, 9.17) is 0 Å². The molecular weight excluding hydrogens is 351 g/mol. The van der Waals surface area contributed by atoms with Crippen LogP contribution in [0.2, 0.25) is 0 Å². The molecule has 0 aliphatic carbocycles. The zero-order chi connectivity index (χ0) is 19.1. The summed E-state index contributed by atoms with van der Waals surface area (Å²) in [5, 5.41) is 9.72. The summed E-state index contributed by atoms with van der Waals surface area (Å²) in [5.41, 5.74) is -1.63. The van der Waals surface area contributed by atoms with Crippen LogP contribution in [0, 0.1) is 11.3 Å². The van der Waals surface area contributed by atoms with E-state index in [-0.39, 0.29) is 32.1 Å². The van der Waals surface area contributed by atoms with Gasteiger partial charge in [0.05, 0.1) is 5.92 Å². The van der Waals surface area contributed by atoms with Gasteiger partial charge in [0.1, 0.15) is 11.1 Å². The molecule has 3 heterocycles. The van der Waals surface area contributed by atoms with E-state index in [0.717, 1.165) is 12.3 Å². The van der Waals surface area contributed by atoms with Gasteiger partial charge in [-0.3, -0.25) is 19.5 Å². The summed E-state index contributed by atoms with van der Waals surface area (Å²) in [6, 6.07) is 2.22. The summed E-state index contributed by atoms with van der Waals surface area (Å²) in [4.78, 5) is 31.1. The summed E-state index contributed by atoms with van der Waals surface area (Å²) in [6.45, 7) is 4.64. The number of carbonyl (C=O) groups is 2. The zero-order valence-electron chi connectivity index (χ0n) is 13.9. The minimum Gasteiger partial charge on any atom is -0.481 e. The Hall–Kier alpha value is -2.42. The van der Waals surface area contributed by atoms with Gasteiger partial charge in [0.15, 0.2) is 0 Å². The highest BCUT2D eigenvalue weighted by atomic mass is 19.4. The predicted octanol–water partition coefficient (Wildman–Crippen LogP) is 1.63. The van der Waals surface area contributed by atoms with Crippen molar-refractivity contribution < 1.29 is 27.9 Å². The van der Waals surface area contributed by atoms with Crippen LogP contribution in [0.25, 0.3) is 0 Å². The van der Waals surface area contributed by atoms with E-state index in [9.17, 15) is 27.9 Å². The van der Waals surface area contributed by atoms with E-state index in [1.807, 2.05) is 0 Å². The average molecular weight is 369 g/mol. The van der Waals surface area contributed by atoms with Crippen molar-refractivity contribution in [1.29, 1.82) is 0 Å². The number of alkyl halides is 3. The van der Waals surface area contributed by atoms with Crippen LogP contribution in [0.1, 0.15) is 11.3 Å².